The highest BCUT2D eigenvalue weighted by molar-refractivity contribution is 5.92. The summed E-state index contributed by atoms with van der Waals surface area (Å²) in [5.74, 6) is 0.236. The van der Waals surface area contributed by atoms with Crippen LogP contribution in [0.5, 0.6) is 5.75 Å². The van der Waals surface area contributed by atoms with Crippen LogP contribution in [-0.2, 0) is 13.1 Å². The fourth-order valence-electron chi connectivity index (χ4n) is 3.86. The van der Waals surface area contributed by atoms with Gasteiger partial charge < -0.3 is 9.30 Å². The molecule has 0 spiro atoms. The molecule has 0 radical (unpaired) electrons. The number of aromatic nitrogens is 6. The number of benzene rings is 2. The number of fused-ring (bicyclic) bond motifs is 2. The number of rotatable bonds is 5. The monoisotopic (exact) mass is 416 g/mol. The Labute approximate surface area is 178 Å². The molecular weight excluding hydrogens is 395 g/mol. The lowest BCUT2D eigenvalue weighted by Gasteiger charge is -2.12. The largest absolute Gasteiger partial charge is 0.496 e. The molecule has 0 N–H and O–H groups in total. The summed E-state index contributed by atoms with van der Waals surface area (Å²) in [5.41, 5.74) is 4.98. The van der Waals surface area contributed by atoms with E-state index in [-0.39, 0.29) is 5.82 Å². The zero-order valence-corrected chi connectivity index (χ0v) is 17.5. The van der Waals surface area contributed by atoms with Crippen molar-refractivity contribution >= 4 is 22.1 Å². The number of methoxy groups -OCH3 is 1. The van der Waals surface area contributed by atoms with Crippen molar-refractivity contribution in [3.8, 4) is 28.0 Å². The van der Waals surface area contributed by atoms with Crippen molar-refractivity contribution in [2.24, 2.45) is 0 Å². The van der Waals surface area contributed by atoms with Crippen LogP contribution >= 0.6 is 0 Å². The zero-order valence-electron chi connectivity index (χ0n) is 17.5. The molecule has 0 aliphatic rings. The maximum atomic E-state index is 15.0. The molecule has 0 saturated carbocycles. The number of hydrogen-bond acceptors (Lipinski definition) is 5. The Balaban J connectivity index is 1.70. The molecule has 5 aromatic rings. The predicted molar refractivity (Wildman–Crippen MR) is 117 cm³/mol. The predicted octanol–water partition coefficient (Wildman–Crippen LogP) is 4.70. The van der Waals surface area contributed by atoms with Crippen LogP contribution in [0.2, 0.25) is 0 Å². The molecule has 31 heavy (non-hydrogen) atoms. The number of ether oxygens (including phenoxy) is 1. The average Bonchev–Trinajstić information content (AvgIpc) is 3.41. The number of hydrogen-bond donors (Lipinski definition) is 0. The third kappa shape index (κ3) is 3.11. The molecule has 0 fully saturated rings. The normalized spacial score (nSPS) is 11.5. The Hall–Kier alpha value is -3.81. The van der Waals surface area contributed by atoms with Gasteiger partial charge in [-0.2, -0.15) is 10.2 Å². The molecule has 156 valence electrons. The third-order valence-corrected chi connectivity index (χ3v) is 5.51. The van der Waals surface area contributed by atoms with Crippen LogP contribution in [0, 0.1) is 5.82 Å². The second kappa shape index (κ2) is 7.46. The molecule has 0 saturated heterocycles. The van der Waals surface area contributed by atoms with Gasteiger partial charge in [0.15, 0.2) is 5.65 Å². The maximum Gasteiger partial charge on any atom is 0.183 e. The molecule has 2 aromatic carbocycles. The highest BCUT2D eigenvalue weighted by Gasteiger charge is 2.17. The van der Waals surface area contributed by atoms with Crippen molar-refractivity contribution in [1.82, 2.24) is 29.5 Å². The van der Waals surface area contributed by atoms with Crippen molar-refractivity contribution in [2.75, 3.05) is 7.11 Å². The summed E-state index contributed by atoms with van der Waals surface area (Å²) < 4.78 is 24.4. The van der Waals surface area contributed by atoms with Crippen LogP contribution in [0.25, 0.3) is 44.3 Å². The molecule has 5 rings (SSSR count). The minimum Gasteiger partial charge on any atom is -0.496 e. The summed E-state index contributed by atoms with van der Waals surface area (Å²) in [4.78, 5) is 4.51. The summed E-state index contributed by atoms with van der Waals surface area (Å²) in [6.07, 6.45) is 5.36. The summed E-state index contributed by atoms with van der Waals surface area (Å²) in [7, 11) is 1.58. The lowest BCUT2D eigenvalue weighted by molar-refractivity contribution is 0.416. The first-order valence-electron chi connectivity index (χ1n) is 10.1. The lowest BCUT2D eigenvalue weighted by atomic mass is 9.97. The Morgan fingerprint density at radius 2 is 1.90 bits per heavy atom. The van der Waals surface area contributed by atoms with Crippen LogP contribution in [-0.4, -0.2) is 36.6 Å². The maximum absolute atomic E-state index is 15.0. The van der Waals surface area contributed by atoms with Crippen molar-refractivity contribution in [3.63, 3.8) is 0 Å². The minimum absolute atomic E-state index is 0.332. The number of aryl methyl sites for hydroxylation is 2. The van der Waals surface area contributed by atoms with Crippen molar-refractivity contribution < 1.29 is 9.13 Å². The molecule has 3 aromatic heterocycles. The molecule has 0 unspecified atom stereocenters. The van der Waals surface area contributed by atoms with Gasteiger partial charge in [-0.05, 0) is 37.6 Å². The molecule has 0 aliphatic carbocycles. The second-order valence-corrected chi connectivity index (χ2v) is 7.25. The molecule has 0 atom stereocenters. The van der Waals surface area contributed by atoms with E-state index in [0.717, 1.165) is 40.6 Å². The SMILES string of the molecule is CCn1cc2cc(-c3cc(-c4cnnc5c4ncn5CC)ccc3F)c(OC)cc2n1. The van der Waals surface area contributed by atoms with Gasteiger partial charge in [0.25, 0.3) is 0 Å². The topological polar surface area (TPSA) is 70.7 Å². The van der Waals surface area contributed by atoms with Gasteiger partial charge in [0.2, 0.25) is 0 Å². The highest BCUT2D eigenvalue weighted by Crippen LogP contribution is 2.38. The second-order valence-electron chi connectivity index (χ2n) is 7.25. The Kier molecular flexibility index (Phi) is 4.62. The van der Waals surface area contributed by atoms with Crippen molar-refractivity contribution in [2.45, 2.75) is 26.9 Å². The number of halogens is 1. The first-order chi connectivity index (χ1) is 15.1. The van der Waals surface area contributed by atoms with E-state index in [9.17, 15) is 0 Å². The smallest absolute Gasteiger partial charge is 0.183 e. The van der Waals surface area contributed by atoms with Crippen LogP contribution < -0.4 is 4.74 Å². The zero-order chi connectivity index (χ0) is 21.5. The van der Waals surface area contributed by atoms with Crippen LogP contribution in [0.3, 0.4) is 0 Å². The first kappa shape index (κ1) is 19.2. The van der Waals surface area contributed by atoms with Gasteiger partial charge in [0.1, 0.15) is 17.1 Å². The first-order valence-corrected chi connectivity index (χ1v) is 10.1. The summed E-state index contributed by atoms with van der Waals surface area (Å²) >= 11 is 0. The molecule has 8 heteroatoms. The van der Waals surface area contributed by atoms with Gasteiger partial charge in [0, 0.05) is 47.4 Å². The van der Waals surface area contributed by atoms with E-state index < -0.39 is 0 Å². The van der Waals surface area contributed by atoms with E-state index in [4.69, 9.17) is 4.74 Å². The van der Waals surface area contributed by atoms with Gasteiger partial charge in [-0.3, -0.25) is 4.68 Å². The van der Waals surface area contributed by atoms with E-state index >= 15 is 4.39 Å². The van der Waals surface area contributed by atoms with Gasteiger partial charge in [-0.15, -0.1) is 5.10 Å². The Bertz CT molecular complexity index is 1420. The van der Waals surface area contributed by atoms with Gasteiger partial charge in [-0.1, -0.05) is 6.07 Å². The Morgan fingerprint density at radius 3 is 2.68 bits per heavy atom. The summed E-state index contributed by atoms with van der Waals surface area (Å²) in [6.45, 7) is 5.54. The molecule has 0 bridgehead atoms. The molecular formula is C23H21FN6O. The van der Waals surface area contributed by atoms with E-state index in [1.54, 1.807) is 25.7 Å². The van der Waals surface area contributed by atoms with Crippen LogP contribution in [0.15, 0.2) is 49.1 Å². The fraction of sp³-hybridized carbons (Fsp3) is 0.217. The average molecular weight is 416 g/mol. The minimum atomic E-state index is -0.332. The van der Waals surface area contributed by atoms with Crippen molar-refractivity contribution in [3.05, 3.63) is 54.9 Å². The van der Waals surface area contributed by atoms with E-state index in [0.29, 0.717) is 22.5 Å². The molecule has 0 aliphatic heterocycles. The van der Waals surface area contributed by atoms with Crippen LogP contribution in [0.1, 0.15) is 13.8 Å². The van der Waals surface area contributed by atoms with E-state index in [1.807, 2.05) is 47.5 Å². The van der Waals surface area contributed by atoms with Gasteiger partial charge >= 0.3 is 0 Å². The number of nitrogens with zero attached hydrogens (tertiary/aromatic N) is 6. The van der Waals surface area contributed by atoms with Gasteiger partial charge in [0.05, 0.1) is 25.2 Å². The third-order valence-electron chi connectivity index (χ3n) is 5.51. The van der Waals surface area contributed by atoms with Crippen molar-refractivity contribution in [1.29, 1.82) is 0 Å². The summed E-state index contributed by atoms with van der Waals surface area (Å²) in [5, 5.41) is 13.8. The highest BCUT2D eigenvalue weighted by atomic mass is 19.1. The molecule has 7 nitrogen and oxygen atoms in total. The molecule has 0 amide bonds. The van der Waals surface area contributed by atoms with E-state index in [2.05, 4.69) is 20.3 Å². The quantitative estimate of drug-likeness (QED) is 0.415. The molecule has 3 heterocycles. The fourth-order valence-corrected chi connectivity index (χ4v) is 3.86. The van der Waals surface area contributed by atoms with Crippen LogP contribution in [0.4, 0.5) is 4.39 Å². The summed E-state index contributed by atoms with van der Waals surface area (Å²) in [6, 6.07) is 8.78. The lowest BCUT2D eigenvalue weighted by Crippen LogP contribution is -1.96. The van der Waals surface area contributed by atoms with Gasteiger partial charge in [-0.25, -0.2) is 9.37 Å². The standard InChI is InChI=1S/C23H21FN6O/c1-4-29-13-25-22-18(11-26-27-23(22)29)14-6-7-19(24)16(8-14)17-9-15-12-30(5-2)28-20(15)10-21(17)31-3/h6-13H,4-5H2,1-3H3. The number of imidazole rings is 1. The Morgan fingerprint density at radius 1 is 1.03 bits per heavy atom. The van der Waals surface area contributed by atoms with E-state index in [1.165, 1.54) is 6.07 Å².